The number of hydrogen-bond donors (Lipinski definition) is 3. The second kappa shape index (κ2) is 10.8. The number of ether oxygens (including phenoxy) is 2. The molecular weight excluding hydrogens is 534 g/mol. The van der Waals surface area contributed by atoms with Crippen molar-refractivity contribution in [2.45, 2.75) is 32.4 Å². The van der Waals surface area contributed by atoms with Gasteiger partial charge in [-0.2, -0.15) is 10.1 Å². The van der Waals surface area contributed by atoms with Crippen LogP contribution in [0.4, 0.5) is 11.5 Å². The van der Waals surface area contributed by atoms with Crippen molar-refractivity contribution in [1.82, 2.24) is 20.4 Å². The number of aryl methyl sites for hydroxylation is 1. The van der Waals surface area contributed by atoms with Crippen LogP contribution < -0.4 is 20.1 Å². The minimum absolute atomic E-state index is 0.0492. The molecule has 3 aliphatic rings. The van der Waals surface area contributed by atoms with Gasteiger partial charge in [0.15, 0.2) is 22.5 Å². The minimum Gasteiger partial charge on any atom is -0.454 e. The standard InChI is InChI=1S/C27H25N7O5S/c1-15-10-22(33-32-15)30-24(36)13-40-27-29-18-5-3-2-4-17(18)25-31-26(37)19(34(25)27)7-9-23(35)28-12-16-6-8-20-21(11-16)39-14-38-20/h2-6,8,10-11,19H,7,9,12-14H2,1H3,(H,28,35)(H2,30,32,33,36). The Morgan fingerprint density at radius 2 is 1.95 bits per heavy atom. The molecule has 3 aromatic rings. The lowest BCUT2D eigenvalue weighted by Crippen LogP contribution is -2.44. The largest absolute Gasteiger partial charge is 0.454 e. The van der Waals surface area contributed by atoms with Gasteiger partial charge in [-0.25, -0.2) is 4.99 Å². The van der Waals surface area contributed by atoms with Crippen LogP contribution in [0.3, 0.4) is 0 Å². The van der Waals surface area contributed by atoms with E-state index in [1.807, 2.05) is 49.4 Å². The van der Waals surface area contributed by atoms with Crippen molar-refractivity contribution in [2.75, 3.05) is 17.9 Å². The molecule has 0 fully saturated rings. The maximum Gasteiger partial charge on any atom is 0.270 e. The summed E-state index contributed by atoms with van der Waals surface area (Å²) < 4.78 is 10.7. The molecular formula is C27H25N7O5S. The van der Waals surface area contributed by atoms with E-state index in [0.717, 1.165) is 16.8 Å². The fraction of sp³-hybridized carbons (Fsp3) is 0.259. The van der Waals surface area contributed by atoms with Crippen molar-refractivity contribution in [1.29, 1.82) is 0 Å². The summed E-state index contributed by atoms with van der Waals surface area (Å²) in [5.41, 5.74) is 3.10. The zero-order valence-electron chi connectivity index (χ0n) is 21.5. The van der Waals surface area contributed by atoms with E-state index in [0.29, 0.717) is 40.6 Å². The van der Waals surface area contributed by atoms with Crippen molar-refractivity contribution < 1.29 is 23.9 Å². The van der Waals surface area contributed by atoms with Gasteiger partial charge in [-0.15, -0.1) is 0 Å². The number of fused-ring (bicyclic) bond motifs is 4. The van der Waals surface area contributed by atoms with Crippen LogP contribution >= 0.6 is 11.8 Å². The molecule has 12 nitrogen and oxygen atoms in total. The Kier molecular flexibility index (Phi) is 6.95. The van der Waals surface area contributed by atoms with Crippen LogP contribution in [0.1, 0.15) is 29.7 Å². The van der Waals surface area contributed by atoms with E-state index >= 15 is 0 Å². The van der Waals surface area contributed by atoms with Gasteiger partial charge < -0.3 is 20.1 Å². The van der Waals surface area contributed by atoms with Gasteiger partial charge in [0.25, 0.3) is 5.91 Å². The Morgan fingerprint density at radius 1 is 1.10 bits per heavy atom. The lowest BCUT2D eigenvalue weighted by molar-refractivity contribution is -0.122. The number of amidine groups is 2. The summed E-state index contributed by atoms with van der Waals surface area (Å²) in [6.07, 6.45) is 0.345. The number of carbonyl (C=O) groups is 3. The monoisotopic (exact) mass is 559 g/mol. The zero-order chi connectivity index (χ0) is 27.6. The van der Waals surface area contributed by atoms with E-state index in [-0.39, 0.29) is 43.1 Å². The van der Waals surface area contributed by atoms with Gasteiger partial charge in [-0.05, 0) is 43.2 Å². The summed E-state index contributed by atoms with van der Waals surface area (Å²) in [6, 6.07) is 13.9. The molecule has 1 atom stereocenters. The number of amides is 3. The third-order valence-electron chi connectivity index (χ3n) is 6.49. The SMILES string of the molecule is Cc1cc(NC(=O)CSC2=Nc3ccccc3C3=NC(=O)C(CCC(=O)NCc4ccc5c(c4)OCO5)N23)n[nH]1. The fourth-order valence-electron chi connectivity index (χ4n) is 4.58. The van der Waals surface area contributed by atoms with Crippen molar-refractivity contribution >= 4 is 52.0 Å². The number of H-pyrrole nitrogens is 1. The quantitative estimate of drug-likeness (QED) is 0.381. The van der Waals surface area contributed by atoms with E-state index in [2.05, 4.69) is 25.8 Å². The number of aromatic amines is 1. The molecule has 3 N–H and O–H groups in total. The van der Waals surface area contributed by atoms with Crippen molar-refractivity contribution in [2.24, 2.45) is 9.98 Å². The molecule has 13 heteroatoms. The Hall–Kier alpha value is -4.65. The molecule has 3 amide bonds. The normalized spacial score (nSPS) is 16.7. The number of hydrogen-bond acceptors (Lipinski definition) is 9. The molecule has 0 bridgehead atoms. The minimum atomic E-state index is -0.706. The Labute approximate surface area is 233 Å². The number of aliphatic imine (C=N–C) groups is 2. The van der Waals surface area contributed by atoms with E-state index in [4.69, 9.17) is 14.5 Å². The average molecular weight is 560 g/mol. The van der Waals surface area contributed by atoms with E-state index in [1.54, 1.807) is 11.0 Å². The fourth-order valence-corrected chi connectivity index (χ4v) is 5.42. The maximum atomic E-state index is 13.0. The summed E-state index contributed by atoms with van der Waals surface area (Å²) in [5, 5.41) is 12.9. The van der Waals surface area contributed by atoms with Gasteiger partial charge >= 0.3 is 0 Å². The van der Waals surface area contributed by atoms with Crippen LogP contribution in [0.25, 0.3) is 0 Å². The van der Waals surface area contributed by atoms with Gasteiger partial charge in [0.05, 0.1) is 11.4 Å². The summed E-state index contributed by atoms with van der Waals surface area (Å²) in [7, 11) is 0. The molecule has 0 spiro atoms. The van der Waals surface area contributed by atoms with Crippen LogP contribution in [-0.2, 0) is 20.9 Å². The second-order valence-electron chi connectivity index (χ2n) is 9.35. The first kappa shape index (κ1) is 25.6. The predicted octanol–water partition coefficient (Wildman–Crippen LogP) is 2.87. The highest BCUT2D eigenvalue weighted by atomic mass is 32.2. The number of rotatable bonds is 8. The summed E-state index contributed by atoms with van der Waals surface area (Å²) >= 11 is 1.20. The number of para-hydroxylation sites is 1. The van der Waals surface area contributed by atoms with E-state index in [9.17, 15) is 14.4 Å². The number of carbonyl (C=O) groups excluding carboxylic acids is 3. The molecule has 4 heterocycles. The highest BCUT2D eigenvalue weighted by Gasteiger charge is 2.41. The van der Waals surface area contributed by atoms with Gasteiger partial charge in [-0.1, -0.05) is 30.0 Å². The van der Waals surface area contributed by atoms with Gasteiger partial charge in [0.1, 0.15) is 11.9 Å². The molecule has 2 aromatic carbocycles. The molecule has 204 valence electrons. The Bertz CT molecular complexity index is 1570. The lowest BCUT2D eigenvalue weighted by Gasteiger charge is -2.31. The van der Waals surface area contributed by atoms with Gasteiger partial charge in [0.2, 0.25) is 18.6 Å². The summed E-state index contributed by atoms with van der Waals surface area (Å²) in [6.45, 7) is 2.35. The molecule has 3 aliphatic heterocycles. The third kappa shape index (κ3) is 5.27. The number of nitrogens with one attached hydrogen (secondary N) is 3. The van der Waals surface area contributed by atoms with Gasteiger partial charge in [-0.3, -0.25) is 24.4 Å². The summed E-state index contributed by atoms with van der Waals surface area (Å²) in [5.74, 6) is 1.48. The smallest absolute Gasteiger partial charge is 0.270 e. The number of nitrogens with zero attached hydrogens (tertiary/aromatic N) is 4. The molecule has 0 saturated carbocycles. The van der Waals surface area contributed by atoms with Crippen LogP contribution in [0, 0.1) is 6.92 Å². The number of aromatic nitrogens is 2. The molecule has 0 aliphatic carbocycles. The number of thioether (sulfide) groups is 1. The number of benzene rings is 2. The second-order valence-corrected chi connectivity index (χ2v) is 10.3. The van der Waals surface area contributed by atoms with E-state index < -0.39 is 6.04 Å². The van der Waals surface area contributed by atoms with Crippen LogP contribution in [0.5, 0.6) is 11.5 Å². The van der Waals surface area contributed by atoms with Crippen molar-refractivity contribution in [3.05, 3.63) is 65.4 Å². The van der Waals surface area contributed by atoms with Crippen molar-refractivity contribution in [3.63, 3.8) is 0 Å². The first-order valence-corrected chi connectivity index (χ1v) is 13.6. The molecule has 0 saturated heterocycles. The molecule has 1 unspecified atom stereocenters. The van der Waals surface area contributed by atoms with Gasteiger partial charge in [0, 0.05) is 30.3 Å². The predicted molar refractivity (Wildman–Crippen MR) is 149 cm³/mol. The molecule has 0 radical (unpaired) electrons. The van der Waals surface area contributed by atoms with E-state index in [1.165, 1.54) is 11.8 Å². The highest BCUT2D eigenvalue weighted by molar-refractivity contribution is 8.14. The maximum absolute atomic E-state index is 13.0. The Morgan fingerprint density at radius 3 is 2.80 bits per heavy atom. The Balaban J connectivity index is 1.11. The van der Waals surface area contributed by atoms with Crippen LogP contribution in [0.2, 0.25) is 0 Å². The summed E-state index contributed by atoms with van der Waals surface area (Å²) in [4.78, 5) is 49.1. The van der Waals surface area contributed by atoms with Crippen LogP contribution in [-0.4, -0.2) is 62.4 Å². The molecule has 40 heavy (non-hydrogen) atoms. The van der Waals surface area contributed by atoms with Crippen LogP contribution in [0.15, 0.2) is 58.5 Å². The molecule has 6 rings (SSSR count). The lowest BCUT2D eigenvalue weighted by atomic mass is 10.1. The first-order chi connectivity index (χ1) is 19.4. The number of anilines is 1. The molecule has 1 aromatic heterocycles. The average Bonchev–Trinajstić information content (AvgIpc) is 3.67. The van der Waals surface area contributed by atoms with Crippen molar-refractivity contribution in [3.8, 4) is 11.5 Å². The highest BCUT2D eigenvalue weighted by Crippen LogP contribution is 2.35. The first-order valence-electron chi connectivity index (χ1n) is 12.6. The topological polar surface area (TPSA) is 150 Å². The third-order valence-corrected chi connectivity index (χ3v) is 7.44. The zero-order valence-corrected chi connectivity index (χ0v) is 22.3.